The second kappa shape index (κ2) is 5.12. The van der Waals surface area contributed by atoms with Crippen molar-refractivity contribution in [3.05, 3.63) is 28.8 Å². The predicted molar refractivity (Wildman–Crippen MR) is 58.8 cm³/mol. The Morgan fingerprint density at radius 2 is 2.19 bits per heavy atom. The van der Waals surface area contributed by atoms with Gasteiger partial charge in [-0.05, 0) is 18.2 Å². The summed E-state index contributed by atoms with van der Waals surface area (Å²) < 4.78 is 24.1. The first kappa shape index (κ1) is 12.7. The molecule has 0 fully saturated rings. The van der Waals surface area contributed by atoms with Crippen LogP contribution in [0.5, 0.6) is 0 Å². The molecule has 0 aliphatic rings. The van der Waals surface area contributed by atoms with Gasteiger partial charge in [-0.3, -0.25) is 4.79 Å². The van der Waals surface area contributed by atoms with Gasteiger partial charge in [0.1, 0.15) is 0 Å². The summed E-state index contributed by atoms with van der Waals surface area (Å²) in [5, 5.41) is 0.327. The highest BCUT2D eigenvalue weighted by Crippen LogP contribution is 2.20. The number of rotatable bonds is 3. The molecule has 3 nitrogen and oxygen atoms in total. The first-order chi connectivity index (χ1) is 7.41. The summed E-state index contributed by atoms with van der Waals surface area (Å²) in [6.45, 7) is -0.610. The zero-order chi connectivity index (χ0) is 12.3. The summed E-state index contributed by atoms with van der Waals surface area (Å²) in [6, 6.07) is 4.27. The smallest absolute Gasteiger partial charge is 0.255 e. The van der Waals surface area contributed by atoms with Crippen LogP contribution in [0.4, 0.5) is 14.5 Å². The van der Waals surface area contributed by atoms with Gasteiger partial charge in [0, 0.05) is 12.6 Å². The van der Waals surface area contributed by atoms with Gasteiger partial charge in [0.25, 0.3) is 12.3 Å². The molecule has 88 valence electrons. The fourth-order valence-electron chi connectivity index (χ4n) is 1.19. The third kappa shape index (κ3) is 3.06. The molecule has 0 saturated carbocycles. The van der Waals surface area contributed by atoms with Crippen LogP contribution in [-0.4, -0.2) is 30.8 Å². The van der Waals surface area contributed by atoms with E-state index in [4.69, 9.17) is 17.3 Å². The maximum absolute atomic E-state index is 12.1. The number of amides is 1. The Morgan fingerprint density at radius 1 is 1.56 bits per heavy atom. The largest absolute Gasteiger partial charge is 0.398 e. The number of nitrogen functional groups attached to an aromatic ring is 1. The molecule has 0 atom stereocenters. The van der Waals surface area contributed by atoms with E-state index >= 15 is 0 Å². The van der Waals surface area contributed by atoms with Crippen molar-refractivity contribution < 1.29 is 13.6 Å². The molecule has 2 N–H and O–H groups in total. The van der Waals surface area contributed by atoms with Crippen LogP contribution in [0.2, 0.25) is 5.02 Å². The lowest BCUT2D eigenvalue weighted by molar-refractivity contribution is 0.0620. The Kier molecular flexibility index (Phi) is 4.06. The Morgan fingerprint density at radius 3 is 2.69 bits per heavy atom. The molecule has 0 heterocycles. The molecule has 1 rings (SSSR count). The van der Waals surface area contributed by atoms with E-state index in [1.165, 1.54) is 25.2 Å². The van der Waals surface area contributed by atoms with Gasteiger partial charge in [-0.25, -0.2) is 8.78 Å². The number of nitrogens with two attached hydrogens (primary N) is 1. The first-order valence-electron chi connectivity index (χ1n) is 4.50. The normalized spacial score (nSPS) is 10.6. The molecule has 16 heavy (non-hydrogen) atoms. The molecule has 0 aliphatic carbocycles. The number of hydrogen-bond donors (Lipinski definition) is 1. The number of anilines is 1. The second-order valence-electron chi connectivity index (χ2n) is 3.31. The van der Waals surface area contributed by atoms with Crippen LogP contribution in [0.1, 0.15) is 10.4 Å². The van der Waals surface area contributed by atoms with Crippen LogP contribution in [0, 0.1) is 0 Å². The number of nitrogens with zero attached hydrogens (tertiary/aromatic N) is 1. The van der Waals surface area contributed by atoms with Gasteiger partial charge in [-0.2, -0.15) is 0 Å². The van der Waals surface area contributed by atoms with E-state index in [1.807, 2.05) is 0 Å². The van der Waals surface area contributed by atoms with Gasteiger partial charge in [-0.15, -0.1) is 0 Å². The fourth-order valence-corrected chi connectivity index (χ4v) is 1.30. The molecular weight excluding hydrogens is 238 g/mol. The molecule has 1 aromatic carbocycles. The van der Waals surface area contributed by atoms with Gasteiger partial charge in [-0.1, -0.05) is 11.6 Å². The number of carbonyl (C=O) groups excluding carboxylic acids is 1. The molecule has 1 aromatic rings. The Bertz CT molecular complexity index is 398. The summed E-state index contributed by atoms with van der Waals surface area (Å²) in [5.74, 6) is -0.510. The monoisotopic (exact) mass is 248 g/mol. The van der Waals surface area contributed by atoms with Crippen molar-refractivity contribution in [3.8, 4) is 0 Å². The lowest BCUT2D eigenvalue weighted by Crippen LogP contribution is -2.31. The number of halogens is 3. The molecule has 0 bridgehead atoms. The number of hydrogen-bond acceptors (Lipinski definition) is 2. The summed E-state index contributed by atoms with van der Waals surface area (Å²) in [7, 11) is 1.30. The zero-order valence-corrected chi connectivity index (χ0v) is 9.34. The molecule has 0 saturated heterocycles. The predicted octanol–water partition coefficient (Wildman–Crippen LogP) is 2.26. The van der Waals surface area contributed by atoms with Gasteiger partial charge >= 0.3 is 0 Å². The van der Waals surface area contributed by atoms with Gasteiger partial charge in [0.05, 0.1) is 17.3 Å². The van der Waals surface area contributed by atoms with E-state index < -0.39 is 18.9 Å². The summed E-state index contributed by atoms with van der Waals surface area (Å²) in [6.07, 6.45) is -2.56. The number of benzene rings is 1. The Hall–Kier alpha value is -1.36. The highest BCUT2D eigenvalue weighted by atomic mass is 35.5. The maximum atomic E-state index is 12.1. The number of alkyl halides is 2. The topological polar surface area (TPSA) is 46.3 Å². The molecule has 1 amide bonds. The van der Waals surface area contributed by atoms with Crippen LogP contribution < -0.4 is 5.73 Å². The van der Waals surface area contributed by atoms with Crippen molar-refractivity contribution in [3.63, 3.8) is 0 Å². The molecular formula is C10H11ClF2N2O. The van der Waals surface area contributed by atoms with Crippen LogP contribution in [0.3, 0.4) is 0 Å². The molecule has 0 radical (unpaired) electrons. The van der Waals surface area contributed by atoms with Crippen molar-refractivity contribution in [1.82, 2.24) is 4.90 Å². The SMILES string of the molecule is CN(CC(F)F)C(=O)c1ccc(Cl)c(N)c1. The minimum absolute atomic E-state index is 0.241. The average Bonchev–Trinajstić information content (AvgIpc) is 2.20. The second-order valence-corrected chi connectivity index (χ2v) is 3.72. The van der Waals surface area contributed by atoms with Crippen molar-refractivity contribution in [2.45, 2.75) is 6.43 Å². The van der Waals surface area contributed by atoms with E-state index in [0.29, 0.717) is 5.02 Å². The average molecular weight is 249 g/mol. The summed E-state index contributed by atoms with van der Waals surface area (Å²) >= 11 is 5.68. The summed E-state index contributed by atoms with van der Waals surface area (Å²) in [4.78, 5) is 12.6. The zero-order valence-electron chi connectivity index (χ0n) is 8.58. The van der Waals surface area contributed by atoms with Crippen molar-refractivity contribution in [2.75, 3.05) is 19.3 Å². The highest BCUT2D eigenvalue weighted by Gasteiger charge is 2.16. The van der Waals surface area contributed by atoms with E-state index in [-0.39, 0.29) is 11.3 Å². The lowest BCUT2D eigenvalue weighted by Gasteiger charge is -2.16. The van der Waals surface area contributed by atoms with Gasteiger partial charge in [0.2, 0.25) is 0 Å². The van der Waals surface area contributed by atoms with Crippen LogP contribution >= 0.6 is 11.6 Å². The van der Waals surface area contributed by atoms with Crippen molar-refractivity contribution in [1.29, 1.82) is 0 Å². The molecule has 6 heteroatoms. The van der Waals surface area contributed by atoms with Crippen LogP contribution in [0.15, 0.2) is 18.2 Å². The van der Waals surface area contributed by atoms with Gasteiger partial charge < -0.3 is 10.6 Å². The maximum Gasteiger partial charge on any atom is 0.255 e. The van der Waals surface area contributed by atoms with Crippen LogP contribution in [0.25, 0.3) is 0 Å². The lowest BCUT2D eigenvalue weighted by atomic mass is 10.2. The van der Waals surface area contributed by atoms with E-state index in [9.17, 15) is 13.6 Å². The molecule has 0 unspecified atom stereocenters. The van der Waals surface area contributed by atoms with Crippen LogP contribution in [-0.2, 0) is 0 Å². The third-order valence-electron chi connectivity index (χ3n) is 2.00. The van der Waals surface area contributed by atoms with Crippen molar-refractivity contribution in [2.24, 2.45) is 0 Å². The molecule has 0 aromatic heterocycles. The minimum atomic E-state index is -2.56. The number of carbonyl (C=O) groups is 1. The Labute approximate surface area is 96.8 Å². The summed E-state index contributed by atoms with van der Waals surface area (Å²) in [5.41, 5.74) is 6.00. The fraction of sp³-hybridized carbons (Fsp3) is 0.300. The quantitative estimate of drug-likeness (QED) is 0.834. The Balaban J connectivity index is 2.84. The molecule has 0 spiro atoms. The molecule has 0 aliphatic heterocycles. The third-order valence-corrected chi connectivity index (χ3v) is 2.35. The van der Waals surface area contributed by atoms with E-state index in [0.717, 1.165) is 4.90 Å². The van der Waals surface area contributed by atoms with Gasteiger partial charge in [0.15, 0.2) is 0 Å². The highest BCUT2D eigenvalue weighted by molar-refractivity contribution is 6.33. The van der Waals surface area contributed by atoms with E-state index in [1.54, 1.807) is 0 Å². The first-order valence-corrected chi connectivity index (χ1v) is 4.88. The minimum Gasteiger partial charge on any atom is -0.398 e. The standard InChI is InChI=1S/C10H11ClF2N2O/c1-15(5-9(12)13)10(16)6-2-3-7(11)8(14)4-6/h2-4,9H,5,14H2,1H3. The van der Waals surface area contributed by atoms with E-state index in [2.05, 4.69) is 0 Å². The van der Waals surface area contributed by atoms with Crippen molar-refractivity contribution >= 4 is 23.2 Å².